The van der Waals surface area contributed by atoms with E-state index in [9.17, 15) is 0 Å². The van der Waals surface area contributed by atoms with Crippen LogP contribution in [0.15, 0.2) is 73.1 Å². The molecule has 1 aromatic heterocycles. The highest BCUT2D eigenvalue weighted by Crippen LogP contribution is 2.39. The fraction of sp³-hybridized carbons (Fsp3) is 0.385. The first kappa shape index (κ1) is 19.8. The Bertz CT molecular complexity index is 899. The largest absolute Gasteiger partial charge is 0.307 e. The van der Waals surface area contributed by atoms with Crippen molar-refractivity contribution in [3.05, 3.63) is 84.2 Å². The van der Waals surface area contributed by atoms with Crippen LogP contribution in [-0.4, -0.2) is 21.0 Å². The van der Waals surface area contributed by atoms with Crippen LogP contribution in [0.4, 0.5) is 0 Å². The highest BCUT2D eigenvalue weighted by molar-refractivity contribution is 5.55. The number of piperidine rings is 1. The Hall–Kier alpha value is -2.52. The SMILES string of the molecule is CC1(C)CC(c2ccc(-c3ncc(C4C=CC=CC=C4)cn3)cc2)CC(C)(C)N1. The number of nitrogens with one attached hydrogen (secondary N) is 1. The van der Waals surface area contributed by atoms with E-state index in [0.29, 0.717) is 5.92 Å². The lowest BCUT2D eigenvalue weighted by atomic mass is 9.73. The molecule has 0 radical (unpaired) electrons. The Kier molecular flexibility index (Phi) is 5.26. The molecule has 1 saturated heterocycles. The van der Waals surface area contributed by atoms with Gasteiger partial charge in [-0.2, -0.15) is 0 Å². The molecule has 0 spiro atoms. The number of hydrogen-bond acceptors (Lipinski definition) is 3. The van der Waals surface area contributed by atoms with E-state index in [1.165, 1.54) is 5.56 Å². The number of aromatic nitrogens is 2. The number of nitrogens with zero attached hydrogens (tertiary/aromatic N) is 2. The van der Waals surface area contributed by atoms with Gasteiger partial charge in [0.15, 0.2) is 5.82 Å². The lowest BCUT2D eigenvalue weighted by Gasteiger charge is -2.46. The van der Waals surface area contributed by atoms with Crippen molar-refractivity contribution >= 4 is 0 Å². The van der Waals surface area contributed by atoms with Crippen LogP contribution >= 0.6 is 0 Å². The van der Waals surface area contributed by atoms with Gasteiger partial charge in [0.25, 0.3) is 0 Å². The summed E-state index contributed by atoms with van der Waals surface area (Å²) < 4.78 is 0. The van der Waals surface area contributed by atoms with Crippen molar-refractivity contribution in [3.63, 3.8) is 0 Å². The maximum Gasteiger partial charge on any atom is 0.159 e. The van der Waals surface area contributed by atoms with Crippen molar-refractivity contribution in [2.24, 2.45) is 0 Å². The Morgan fingerprint density at radius 1 is 0.759 bits per heavy atom. The van der Waals surface area contributed by atoms with Crippen LogP contribution in [0.25, 0.3) is 11.4 Å². The highest BCUT2D eigenvalue weighted by Gasteiger charge is 2.38. The number of rotatable bonds is 3. The van der Waals surface area contributed by atoms with E-state index < -0.39 is 0 Å². The van der Waals surface area contributed by atoms with Gasteiger partial charge in [-0.15, -0.1) is 0 Å². The minimum absolute atomic E-state index is 0.153. The predicted octanol–water partition coefficient (Wildman–Crippen LogP) is 5.93. The minimum Gasteiger partial charge on any atom is -0.307 e. The summed E-state index contributed by atoms with van der Waals surface area (Å²) in [5, 5.41) is 3.77. The van der Waals surface area contributed by atoms with E-state index in [1.807, 2.05) is 24.5 Å². The van der Waals surface area contributed by atoms with E-state index in [0.717, 1.165) is 29.8 Å². The molecule has 3 nitrogen and oxygen atoms in total. The van der Waals surface area contributed by atoms with Gasteiger partial charge >= 0.3 is 0 Å². The molecule has 1 aromatic carbocycles. The Morgan fingerprint density at radius 2 is 1.31 bits per heavy atom. The van der Waals surface area contributed by atoms with E-state index in [1.54, 1.807) is 0 Å². The molecule has 2 aromatic rings. The summed E-state index contributed by atoms with van der Waals surface area (Å²) in [5.41, 5.74) is 3.90. The molecular formula is C26H31N3. The second-order valence-corrected chi connectivity index (χ2v) is 9.64. The van der Waals surface area contributed by atoms with E-state index in [-0.39, 0.29) is 17.0 Å². The maximum atomic E-state index is 4.63. The van der Waals surface area contributed by atoms with Crippen molar-refractivity contribution in [3.8, 4) is 11.4 Å². The van der Waals surface area contributed by atoms with Gasteiger partial charge in [0, 0.05) is 35.0 Å². The van der Waals surface area contributed by atoms with Gasteiger partial charge in [-0.3, -0.25) is 0 Å². The predicted molar refractivity (Wildman–Crippen MR) is 121 cm³/mol. The second-order valence-electron chi connectivity index (χ2n) is 9.64. The van der Waals surface area contributed by atoms with Gasteiger partial charge in [-0.1, -0.05) is 60.7 Å². The quantitative estimate of drug-likeness (QED) is 0.711. The Balaban J connectivity index is 1.51. The molecule has 150 valence electrons. The lowest BCUT2D eigenvalue weighted by molar-refractivity contribution is 0.162. The highest BCUT2D eigenvalue weighted by atomic mass is 15.0. The third kappa shape index (κ3) is 4.73. The van der Waals surface area contributed by atoms with Gasteiger partial charge in [-0.25, -0.2) is 9.97 Å². The first-order chi connectivity index (χ1) is 13.8. The first-order valence-corrected chi connectivity index (χ1v) is 10.5. The zero-order valence-corrected chi connectivity index (χ0v) is 17.9. The second kappa shape index (κ2) is 7.72. The molecule has 4 rings (SSSR count). The number of hydrogen-bond donors (Lipinski definition) is 1. The molecule has 1 N–H and O–H groups in total. The normalized spacial score (nSPS) is 21.2. The first-order valence-electron chi connectivity index (χ1n) is 10.5. The Morgan fingerprint density at radius 3 is 1.86 bits per heavy atom. The van der Waals surface area contributed by atoms with Crippen molar-refractivity contribution in [2.75, 3.05) is 0 Å². The smallest absolute Gasteiger partial charge is 0.159 e. The van der Waals surface area contributed by atoms with Crippen LogP contribution in [0.3, 0.4) is 0 Å². The standard InChI is InChI=1S/C26H31N3/c1-25(2)15-22(16-26(3,4)29-25)20-11-13-21(14-12-20)24-27-17-23(18-28-24)19-9-7-5-6-8-10-19/h5-14,17-19,22,29H,15-16H2,1-4H3. The summed E-state index contributed by atoms with van der Waals surface area (Å²) in [6, 6.07) is 8.86. The van der Waals surface area contributed by atoms with Gasteiger partial charge in [-0.05, 0) is 57.6 Å². The topological polar surface area (TPSA) is 37.8 Å². The zero-order chi connectivity index (χ0) is 20.5. The molecule has 0 amide bonds. The maximum absolute atomic E-state index is 4.63. The number of benzene rings is 1. The van der Waals surface area contributed by atoms with Crippen molar-refractivity contribution in [2.45, 2.75) is 63.5 Å². The van der Waals surface area contributed by atoms with Crippen LogP contribution in [0.1, 0.15) is 63.5 Å². The molecule has 0 saturated carbocycles. The summed E-state index contributed by atoms with van der Waals surface area (Å²) >= 11 is 0. The molecule has 0 unspecified atom stereocenters. The molecule has 1 aliphatic carbocycles. The van der Waals surface area contributed by atoms with Crippen LogP contribution in [0, 0.1) is 0 Å². The lowest BCUT2D eigenvalue weighted by Crippen LogP contribution is -2.57. The van der Waals surface area contributed by atoms with Gasteiger partial charge in [0.2, 0.25) is 0 Å². The summed E-state index contributed by atoms with van der Waals surface area (Å²) in [5.74, 6) is 1.58. The van der Waals surface area contributed by atoms with Crippen molar-refractivity contribution in [1.29, 1.82) is 0 Å². The molecule has 29 heavy (non-hydrogen) atoms. The third-order valence-corrected chi connectivity index (χ3v) is 5.86. The van der Waals surface area contributed by atoms with E-state index in [2.05, 4.69) is 91.5 Å². The van der Waals surface area contributed by atoms with Gasteiger partial charge in [0.05, 0.1) is 0 Å². The van der Waals surface area contributed by atoms with Crippen LogP contribution in [0.5, 0.6) is 0 Å². The fourth-order valence-corrected chi connectivity index (χ4v) is 4.90. The van der Waals surface area contributed by atoms with Gasteiger partial charge < -0.3 is 5.32 Å². The van der Waals surface area contributed by atoms with Gasteiger partial charge in [0.1, 0.15) is 0 Å². The van der Waals surface area contributed by atoms with Crippen molar-refractivity contribution in [1.82, 2.24) is 15.3 Å². The summed E-state index contributed by atoms with van der Waals surface area (Å²) in [4.78, 5) is 9.27. The molecule has 1 aliphatic heterocycles. The molecule has 3 heteroatoms. The fourth-order valence-electron chi connectivity index (χ4n) is 4.90. The monoisotopic (exact) mass is 385 g/mol. The third-order valence-electron chi connectivity index (χ3n) is 5.86. The van der Waals surface area contributed by atoms with E-state index in [4.69, 9.17) is 0 Å². The zero-order valence-electron chi connectivity index (χ0n) is 17.9. The Labute approximate surface area is 174 Å². The molecular weight excluding hydrogens is 354 g/mol. The molecule has 1 fully saturated rings. The van der Waals surface area contributed by atoms with Crippen LogP contribution in [-0.2, 0) is 0 Å². The molecule has 2 aliphatic rings. The molecule has 0 atom stereocenters. The average molecular weight is 386 g/mol. The summed E-state index contributed by atoms with van der Waals surface area (Å²) in [6.45, 7) is 9.22. The summed E-state index contributed by atoms with van der Waals surface area (Å²) in [7, 11) is 0. The average Bonchev–Trinajstić information content (AvgIpc) is 2.95. The van der Waals surface area contributed by atoms with Crippen LogP contribution in [0.2, 0.25) is 0 Å². The molecule has 0 bridgehead atoms. The summed E-state index contributed by atoms with van der Waals surface area (Å²) in [6.07, 6.45) is 18.7. The number of allylic oxidation sites excluding steroid dienone is 6. The van der Waals surface area contributed by atoms with Crippen molar-refractivity contribution < 1.29 is 0 Å². The van der Waals surface area contributed by atoms with Crippen LogP contribution < -0.4 is 5.32 Å². The molecule has 2 heterocycles. The minimum atomic E-state index is 0.153. The van der Waals surface area contributed by atoms with E-state index >= 15 is 0 Å².